The van der Waals surface area contributed by atoms with Crippen LogP contribution in [-0.4, -0.2) is 39.6 Å². The highest BCUT2D eigenvalue weighted by atomic mass is 16.5. The lowest BCUT2D eigenvalue weighted by Gasteiger charge is -2.20. The molecule has 1 aromatic heterocycles. The maximum Gasteiger partial charge on any atom is 0.407 e. The molecule has 7 nitrogen and oxygen atoms in total. The van der Waals surface area contributed by atoms with Crippen LogP contribution in [0.15, 0.2) is 18.5 Å². The highest BCUT2D eigenvalue weighted by Gasteiger charge is 2.17. The largest absolute Gasteiger partial charge is 0.478 e. The third-order valence-corrected chi connectivity index (χ3v) is 2.10. The molecule has 0 spiro atoms. The molecule has 18 heavy (non-hydrogen) atoms. The smallest absolute Gasteiger partial charge is 0.407 e. The van der Waals surface area contributed by atoms with Crippen LogP contribution in [0.3, 0.4) is 0 Å². The van der Waals surface area contributed by atoms with Crippen LogP contribution in [0, 0.1) is 0 Å². The fourth-order valence-corrected chi connectivity index (χ4v) is 1.15. The molecule has 0 radical (unpaired) electrons. The van der Waals surface area contributed by atoms with E-state index in [1.165, 1.54) is 24.2 Å². The monoisotopic (exact) mass is 253 g/mol. The molecule has 0 atom stereocenters. The van der Waals surface area contributed by atoms with E-state index in [0.717, 1.165) is 0 Å². The van der Waals surface area contributed by atoms with Gasteiger partial charge in [0.05, 0.1) is 24.4 Å². The summed E-state index contributed by atoms with van der Waals surface area (Å²) in [5.74, 6) is -1.04. The summed E-state index contributed by atoms with van der Waals surface area (Å²) in [4.78, 5) is 21.7. The number of aromatic carboxylic acids is 1. The molecule has 0 saturated heterocycles. The number of alkyl carbamates (subject to hydrolysis) is 1. The van der Waals surface area contributed by atoms with E-state index in [0.29, 0.717) is 0 Å². The third-order valence-electron chi connectivity index (χ3n) is 2.10. The maximum atomic E-state index is 11.1. The molecule has 0 aliphatic rings. The predicted octanol–water partition coefficient (Wildman–Crippen LogP) is 1.19. The van der Waals surface area contributed by atoms with Gasteiger partial charge in [-0.3, -0.25) is 0 Å². The molecule has 0 bridgehead atoms. The molecule has 1 heterocycles. The van der Waals surface area contributed by atoms with Crippen molar-refractivity contribution in [2.45, 2.75) is 19.4 Å². The fourth-order valence-electron chi connectivity index (χ4n) is 1.15. The molecular weight excluding hydrogens is 238 g/mol. The Labute approximate surface area is 104 Å². The van der Waals surface area contributed by atoms with Gasteiger partial charge in [-0.05, 0) is 19.9 Å². The van der Waals surface area contributed by atoms with Crippen LogP contribution in [0.5, 0.6) is 0 Å². The van der Waals surface area contributed by atoms with Crippen molar-refractivity contribution < 1.29 is 19.4 Å². The standard InChI is InChI=1S/C11H15N3O4/c1-11(2,13-10(17)18-3)4-5-14-7-8(6-12-14)9(15)16/h4-7H,1-3H3,(H,13,17)(H,15,16)/b5-4+. The molecule has 1 amide bonds. The Morgan fingerprint density at radius 1 is 1.56 bits per heavy atom. The molecule has 2 N–H and O–H groups in total. The molecule has 1 rings (SSSR count). The zero-order valence-corrected chi connectivity index (χ0v) is 10.4. The molecule has 0 unspecified atom stereocenters. The Hall–Kier alpha value is -2.31. The van der Waals surface area contributed by atoms with Crippen LogP contribution < -0.4 is 5.32 Å². The van der Waals surface area contributed by atoms with E-state index >= 15 is 0 Å². The lowest BCUT2D eigenvalue weighted by atomic mass is 10.1. The van der Waals surface area contributed by atoms with Crippen molar-refractivity contribution in [1.82, 2.24) is 15.1 Å². The normalized spacial score (nSPS) is 11.5. The summed E-state index contributed by atoms with van der Waals surface area (Å²) in [5.41, 5.74) is -0.541. The molecule has 0 aliphatic heterocycles. The van der Waals surface area contributed by atoms with Crippen molar-refractivity contribution in [2.75, 3.05) is 7.11 Å². The quantitative estimate of drug-likeness (QED) is 0.840. The molecule has 1 aromatic rings. The number of ether oxygens (including phenoxy) is 1. The summed E-state index contributed by atoms with van der Waals surface area (Å²) in [7, 11) is 1.28. The predicted molar refractivity (Wildman–Crippen MR) is 64.1 cm³/mol. The van der Waals surface area contributed by atoms with Crippen molar-refractivity contribution in [3.63, 3.8) is 0 Å². The molecule has 0 fully saturated rings. The first-order chi connectivity index (χ1) is 8.34. The summed E-state index contributed by atoms with van der Waals surface area (Å²) in [5, 5.41) is 15.2. The minimum Gasteiger partial charge on any atom is -0.478 e. The van der Waals surface area contributed by atoms with Gasteiger partial charge in [0.2, 0.25) is 0 Å². The number of methoxy groups -OCH3 is 1. The van der Waals surface area contributed by atoms with Crippen molar-refractivity contribution in [1.29, 1.82) is 0 Å². The van der Waals surface area contributed by atoms with Crippen LogP contribution >= 0.6 is 0 Å². The third kappa shape index (κ3) is 3.93. The Balaban J connectivity index is 2.72. The van der Waals surface area contributed by atoms with E-state index in [2.05, 4.69) is 15.2 Å². The number of nitrogens with zero attached hydrogens (tertiary/aromatic N) is 2. The molecule has 98 valence electrons. The van der Waals surface area contributed by atoms with Crippen molar-refractivity contribution in [3.8, 4) is 0 Å². The minimum atomic E-state index is -1.04. The topological polar surface area (TPSA) is 93.5 Å². The number of carboxylic acids is 1. The second-order valence-electron chi connectivity index (χ2n) is 4.17. The Morgan fingerprint density at radius 3 is 2.72 bits per heavy atom. The number of aromatic nitrogens is 2. The Morgan fingerprint density at radius 2 is 2.22 bits per heavy atom. The van der Waals surface area contributed by atoms with Gasteiger partial charge in [-0.15, -0.1) is 0 Å². The van der Waals surface area contributed by atoms with Gasteiger partial charge in [-0.1, -0.05) is 0 Å². The number of nitrogens with one attached hydrogen (secondary N) is 1. The van der Waals surface area contributed by atoms with Crippen LogP contribution in [0.25, 0.3) is 6.20 Å². The summed E-state index contributed by atoms with van der Waals surface area (Å²) in [6, 6.07) is 0. The molecule has 0 aliphatic carbocycles. The lowest BCUT2D eigenvalue weighted by molar-refractivity contribution is 0.0697. The number of carbonyl (C=O) groups excluding carboxylic acids is 1. The van der Waals surface area contributed by atoms with Gasteiger partial charge >= 0.3 is 12.1 Å². The van der Waals surface area contributed by atoms with Gasteiger partial charge in [-0.25, -0.2) is 14.3 Å². The van der Waals surface area contributed by atoms with Crippen LogP contribution in [0.2, 0.25) is 0 Å². The lowest BCUT2D eigenvalue weighted by Crippen LogP contribution is -2.41. The molecule has 0 aromatic carbocycles. The Bertz CT molecular complexity index is 476. The first kappa shape index (κ1) is 13.8. The van der Waals surface area contributed by atoms with Crippen molar-refractivity contribution in [3.05, 3.63) is 24.0 Å². The summed E-state index contributed by atoms with van der Waals surface area (Å²) in [6.07, 6.45) is 5.29. The number of rotatable bonds is 4. The van der Waals surface area contributed by atoms with Crippen molar-refractivity contribution in [2.24, 2.45) is 0 Å². The molecule has 7 heteroatoms. The van der Waals surface area contributed by atoms with E-state index in [1.54, 1.807) is 26.1 Å². The number of carbonyl (C=O) groups is 2. The molecular formula is C11H15N3O4. The first-order valence-electron chi connectivity index (χ1n) is 5.17. The van der Waals surface area contributed by atoms with E-state index < -0.39 is 17.6 Å². The highest BCUT2D eigenvalue weighted by molar-refractivity contribution is 5.86. The summed E-state index contributed by atoms with van der Waals surface area (Å²) >= 11 is 0. The van der Waals surface area contributed by atoms with E-state index in [4.69, 9.17) is 5.11 Å². The fraction of sp³-hybridized carbons (Fsp3) is 0.364. The number of hydrogen-bond acceptors (Lipinski definition) is 4. The zero-order valence-electron chi connectivity index (χ0n) is 10.4. The van der Waals surface area contributed by atoms with Crippen LogP contribution in [-0.2, 0) is 4.74 Å². The van der Waals surface area contributed by atoms with Gasteiger partial charge in [0.15, 0.2) is 0 Å². The van der Waals surface area contributed by atoms with Crippen LogP contribution in [0.4, 0.5) is 4.79 Å². The first-order valence-corrected chi connectivity index (χ1v) is 5.17. The SMILES string of the molecule is COC(=O)NC(C)(C)/C=C/n1cc(C(=O)O)cn1. The Kier molecular flexibility index (Phi) is 4.09. The van der Waals surface area contributed by atoms with Gasteiger partial charge in [-0.2, -0.15) is 5.10 Å². The van der Waals surface area contributed by atoms with E-state index in [1.807, 2.05) is 0 Å². The van der Waals surface area contributed by atoms with Crippen molar-refractivity contribution >= 4 is 18.3 Å². The summed E-state index contributed by atoms with van der Waals surface area (Å²) in [6.45, 7) is 3.53. The molecule has 0 saturated carbocycles. The number of amides is 1. The van der Waals surface area contributed by atoms with Gasteiger partial charge in [0.1, 0.15) is 0 Å². The maximum absolute atomic E-state index is 11.1. The minimum absolute atomic E-state index is 0.0957. The number of hydrogen-bond donors (Lipinski definition) is 2. The second kappa shape index (κ2) is 5.35. The van der Waals surface area contributed by atoms with E-state index in [-0.39, 0.29) is 5.56 Å². The average Bonchev–Trinajstić information content (AvgIpc) is 2.74. The second-order valence-corrected chi connectivity index (χ2v) is 4.17. The van der Waals surface area contributed by atoms with E-state index in [9.17, 15) is 9.59 Å². The average molecular weight is 253 g/mol. The van der Waals surface area contributed by atoms with Gasteiger partial charge in [0.25, 0.3) is 0 Å². The summed E-state index contributed by atoms with van der Waals surface area (Å²) < 4.78 is 5.84. The number of carboxylic acid groups (broad SMARTS) is 1. The van der Waals surface area contributed by atoms with Crippen LogP contribution in [0.1, 0.15) is 24.2 Å². The zero-order chi connectivity index (χ0) is 13.8. The van der Waals surface area contributed by atoms with Gasteiger partial charge in [0, 0.05) is 12.4 Å². The van der Waals surface area contributed by atoms with Gasteiger partial charge < -0.3 is 15.2 Å². The highest BCUT2D eigenvalue weighted by Crippen LogP contribution is 2.06.